The zero-order valence-electron chi connectivity index (χ0n) is 9.85. The van der Waals surface area contributed by atoms with Crippen LogP contribution in [0.2, 0.25) is 0 Å². The Morgan fingerprint density at radius 2 is 2.24 bits per heavy atom. The van der Waals surface area contributed by atoms with Crippen molar-refractivity contribution in [3.05, 3.63) is 34.9 Å². The van der Waals surface area contributed by atoms with Crippen molar-refractivity contribution in [2.24, 2.45) is 5.92 Å². The number of aromatic carboxylic acids is 1. The van der Waals surface area contributed by atoms with Crippen LogP contribution in [0.15, 0.2) is 18.2 Å². The van der Waals surface area contributed by atoms with Gasteiger partial charge >= 0.3 is 5.97 Å². The largest absolute Gasteiger partial charge is 0.478 e. The molecule has 1 N–H and O–H groups in total. The van der Waals surface area contributed by atoms with Crippen LogP contribution < -0.4 is 0 Å². The molecule has 90 valence electrons. The van der Waals surface area contributed by atoms with Crippen LogP contribution in [0.1, 0.15) is 34.3 Å². The molecule has 1 aromatic rings. The molecule has 0 saturated heterocycles. The van der Waals surface area contributed by atoms with E-state index in [1.54, 1.807) is 6.07 Å². The van der Waals surface area contributed by atoms with Crippen molar-refractivity contribution >= 4 is 5.97 Å². The van der Waals surface area contributed by atoms with Crippen molar-refractivity contribution in [1.29, 1.82) is 0 Å². The summed E-state index contributed by atoms with van der Waals surface area (Å²) in [6.07, 6.45) is 3.63. The highest BCUT2D eigenvalue weighted by Crippen LogP contribution is 2.32. The topological polar surface area (TPSA) is 40.5 Å². The maximum Gasteiger partial charge on any atom is 0.335 e. The van der Waals surface area contributed by atoms with Gasteiger partial charge in [0.05, 0.1) is 5.56 Å². The second-order valence-electron chi connectivity index (χ2n) is 5.18. The minimum absolute atomic E-state index is 0.494. The van der Waals surface area contributed by atoms with Gasteiger partial charge in [0.25, 0.3) is 0 Å². The number of rotatable bonds is 3. The summed E-state index contributed by atoms with van der Waals surface area (Å²) >= 11 is 0. The molecule has 0 unspecified atom stereocenters. The Morgan fingerprint density at radius 1 is 1.41 bits per heavy atom. The lowest BCUT2D eigenvalue weighted by Gasteiger charge is -2.29. The van der Waals surface area contributed by atoms with Crippen molar-refractivity contribution in [2.45, 2.75) is 25.8 Å². The second kappa shape index (κ2) is 4.15. The molecular weight excluding hydrogens is 214 g/mol. The second-order valence-corrected chi connectivity index (χ2v) is 5.18. The molecule has 1 aliphatic carbocycles. The fourth-order valence-electron chi connectivity index (χ4n) is 2.69. The maximum absolute atomic E-state index is 11.1. The Labute approximate surface area is 101 Å². The third kappa shape index (κ3) is 2.20. The van der Waals surface area contributed by atoms with Crippen LogP contribution in [0, 0.1) is 5.92 Å². The van der Waals surface area contributed by atoms with E-state index in [2.05, 4.69) is 11.0 Å². The molecule has 1 fully saturated rings. The number of fused-ring (bicyclic) bond motifs is 1. The van der Waals surface area contributed by atoms with Crippen LogP contribution in [-0.2, 0) is 13.0 Å². The van der Waals surface area contributed by atoms with Crippen LogP contribution in [0.4, 0.5) is 0 Å². The third-order valence-corrected chi connectivity index (χ3v) is 3.79. The average molecular weight is 231 g/mol. The summed E-state index contributed by atoms with van der Waals surface area (Å²) in [5.41, 5.74) is 2.75. The molecule has 1 aliphatic heterocycles. The maximum atomic E-state index is 11.1. The Bertz CT molecular complexity index is 452. The highest BCUT2D eigenvalue weighted by molar-refractivity contribution is 5.89. The molecule has 3 heteroatoms. The summed E-state index contributed by atoms with van der Waals surface area (Å²) in [5.74, 6) is 0.108. The molecule has 17 heavy (non-hydrogen) atoms. The molecule has 1 aromatic carbocycles. The predicted octanol–water partition coefficient (Wildman–Crippen LogP) is 2.15. The van der Waals surface area contributed by atoms with E-state index in [-0.39, 0.29) is 0 Å². The zero-order valence-corrected chi connectivity index (χ0v) is 9.85. The third-order valence-electron chi connectivity index (χ3n) is 3.79. The van der Waals surface area contributed by atoms with Crippen LogP contribution in [0.25, 0.3) is 0 Å². The van der Waals surface area contributed by atoms with Gasteiger partial charge in [-0.2, -0.15) is 0 Å². The Morgan fingerprint density at radius 3 is 2.94 bits per heavy atom. The zero-order chi connectivity index (χ0) is 11.8. The lowest BCUT2D eigenvalue weighted by molar-refractivity contribution is 0.0694. The number of nitrogens with zero attached hydrogens (tertiary/aromatic N) is 1. The molecule has 3 nitrogen and oxygen atoms in total. The smallest absolute Gasteiger partial charge is 0.335 e. The van der Waals surface area contributed by atoms with Crippen LogP contribution in [0.3, 0.4) is 0 Å². The number of carboxylic acid groups (broad SMARTS) is 1. The molecule has 0 bridgehead atoms. The molecule has 0 spiro atoms. The van der Waals surface area contributed by atoms with Gasteiger partial charge in [0.2, 0.25) is 0 Å². The highest BCUT2D eigenvalue weighted by Gasteiger charge is 2.27. The first-order chi connectivity index (χ1) is 8.24. The van der Waals surface area contributed by atoms with Gasteiger partial charge in [-0.3, -0.25) is 4.90 Å². The Balaban J connectivity index is 1.82. The van der Waals surface area contributed by atoms with Gasteiger partial charge < -0.3 is 5.11 Å². The molecule has 0 radical (unpaired) electrons. The van der Waals surface area contributed by atoms with Crippen molar-refractivity contribution in [2.75, 3.05) is 13.1 Å². The van der Waals surface area contributed by atoms with Gasteiger partial charge in [-0.1, -0.05) is 12.1 Å². The summed E-state index contributed by atoms with van der Waals surface area (Å²) in [6.45, 7) is 3.12. The predicted molar refractivity (Wildman–Crippen MR) is 65.1 cm³/mol. The van der Waals surface area contributed by atoms with Crippen molar-refractivity contribution < 1.29 is 9.90 Å². The Kier molecular flexibility index (Phi) is 2.63. The first-order valence-corrected chi connectivity index (χ1v) is 6.30. The van der Waals surface area contributed by atoms with Gasteiger partial charge in [-0.15, -0.1) is 0 Å². The number of hydrogen-bond donors (Lipinski definition) is 1. The minimum Gasteiger partial charge on any atom is -0.478 e. The van der Waals surface area contributed by atoms with Gasteiger partial charge in [-0.25, -0.2) is 4.79 Å². The van der Waals surface area contributed by atoms with Crippen LogP contribution >= 0.6 is 0 Å². The highest BCUT2D eigenvalue weighted by atomic mass is 16.4. The van der Waals surface area contributed by atoms with Crippen molar-refractivity contribution in [3.8, 4) is 0 Å². The summed E-state index contributed by atoms with van der Waals surface area (Å²) < 4.78 is 0. The van der Waals surface area contributed by atoms with E-state index in [0.29, 0.717) is 5.56 Å². The Hall–Kier alpha value is -1.35. The summed E-state index contributed by atoms with van der Waals surface area (Å²) in [4.78, 5) is 13.6. The molecule has 0 amide bonds. The van der Waals surface area contributed by atoms with Crippen molar-refractivity contribution in [3.63, 3.8) is 0 Å². The molecule has 0 aromatic heterocycles. The number of hydrogen-bond acceptors (Lipinski definition) is 2. The fraction of sp³-hybridized carbons (Fsp3) is 0.500. The van der Waals surface area contributed by atoms with Gasteiger partial charge in [0.1, 0.15) is 0 Å². The first kappa shape index (κ1) is 10.8. The van der Waals surface area contributed by atoms with Crippen molar-refractivity contribution in [1.82, 2.24) is 4.90 Å². The van der Waals surface area contributed by atoms with E-state index in [9.17, 15) is 4.79 Å². The molecule has 1 heterocycles. The van der Waals surface area contributed by atoms with E-state index in [4.69, 9.17) is 5.11 Å². The average Bonchev–Trinajstić information content (AvgIpc) is 3.11. The number of carboxylic acids is 1. The van der Waals surface area contributed by atoms with Gasteiger partial charge in [0, 0.05) is 19.6 Å². The van der Waals surface area contributed by atoms with E-state index in [1.807, 2.05) is 6.07 Å². The van der Waals surface area contributed by atoms with Gasteiger partial charge in [0.15, 0.2) is 0 Å². The fourth-order valence-corrected chi connectivity index (χ4v) is 2.69. The van der Waals surface area contributed by atoms with E-state index >= 15 is 0 Å². The lowest BCUT2D eigenvalue weighted by Crippen LogP contribution is -2.33. The SMILES string of the molecule is O=C(O)c1cccc2c1CCN(CC1CC1)C2. The normalized spacial score (nSPS) is 20.0. The number of carbonyl (C=O) groups is 1. The van der Waals surface area contributed by atoms with Crippen LogP contribution in [0.5, 0.6) is 0 Å². The molecule has 3 rings (SSSR count). The summed E-state index contributed by atoms with van der Waals surface area (Å²) in [7, 11) is 0. The van der Waals surface area contributed by atoms with E-state index < -0.39 is 5.97 Å². The molecule has 0 atom stereocenters. The summed E-state index contributed by atoms with van der Waals surface area (Å²) in [5, 5.41) is 9.15. The van der Waals surface area contributed by atoms with E-state index in [1.165, 1.54) is 24.9 Å². The van der Waals surface area contributed by atoms with E-state index in [0.717, 1.165) is 31.0 Å². The molecule has 1 saturated carbocycles. The monoisotopic (exact) mass is 231 g/mol. The minimum atomic E-state index is -0.794. The number of benzene rings is 1. The first-order valence-electron chi connectivity index (χ1n) is 6.30. The lowest BCUT2D eigenvalue weighted by atomic mass is 9.94. The standard InChI is InChI=1S/C14H17NO2/c16-14(17)13-3-1-2-11-9-15(7-6-12(11)13)8-10-4-5-10/h1-3,10H,4-9H2,(H,16,17). The van der Waals surface area contributed by atoms with Gasteiger partial charge in [-0.05, 0) is 42.4 Å². The quantitative estimate of drug-likeness (QED) is 0.866. The van der Waals surface area contributed by atoms with Crippen LogP contribution in [-0.4, -0.2) is 29.1 Å². The molecular formula is C14H17NO2. The summed E-state index contributed by atoms with van der Waals surface area (Å²) in [6, 6.07) is 5.65. The molecule has 2 aliphatic rings.